The van der Waals surface area contributed by atoms with Gasteiger partial charge in [0.15, 0.2) is 0 Å². The highest BCUT2D eigenvalue weighted by atomic mass is 16.6. The molecule has 0 aliphatic heterocycles. The lowest BCUT2D eigenvalue weighted by Gasteiger charge is -2.04. The SMILES string of the molecule is CC(C)NCc1coc(OCCc2ccccn2)n1. The molecule has 0 aromatic carbocycles. The average molecular weight is 261 g/mol. The van der Waals surface area contributed by atoms with Crippen molar-refractivity contribution in [2.75, 3.05) is 6.61 Å². The Balaban J connectivity index is 1.74. The molecule has 19 heavy (non-hydrogen) atoms. The molecule has 0 saturated carbocycles. The van der Waals surface area contributed by atoms with E-state index < -0.39 is 0 Å². The molecule has 2 aromatic heterocycles. The van der Waals surface area contributed by atoms with Gasteiger partial charge >= 0.3 is 6.08 Å². The quantitative estimate of drug-likeness (QED) is 0.828. The van der Waals surface area contributed by atoms with E-state index >= 15 is 0 Å². The average Bonchev–Trinajstić information content (AvgIpc) is 2.86. The number of nitrogens with one attached hydrogen (secondary N) is 1. The van der Waals surface area contributed by atoms with Crippen LogP contribution in [0.3, 0.4) is 0 Å². The van der Waals surface area contributed by atoms with Crippen molar-refractivity contribution in [3.8, 4) is 6.08 Å². The van der Waals surface area contributed by atoms with Gasteiger partial charge in [0.25, 0.3) is 0 Å². The predicted octanol–water partition coefficient (Wildman–Crippen LogP) is 2.19. The highest BCUT2D eigenvalue weighted by molar-refractivity contribution is 5.04. The van der Waals surface area contributed by atoms with Gasteiger partial charge in [-0.05, 0) is 12.1 Å². The number of pyridine rings is 1. The van der Waals surface area contributed by atoms with Gasteiger partial charge in [-0.2, -0.15) is 4.98 Å². The molecular weight excluding hydrogens is 242 g/mol. The first-order chi connectivity index (χ1) is 9.24. The van der Waals surface area contributed by atoms with Crippen LogP contribution in [-0.4, -0.2) is 22.6 Å². The van der Waals surface area contributed by atoms with Gasteiger partial charge in [0.05, 0.1) is 12.3 Å². The zero-order valence-electron chi connectivity index (χ0n) is 11.3. The third-order valence-electron chi connectivity index (χ3n) is 2.53. The Morgan fingerprint density at radius 2 is 2.21 bits per heavy atom. The normalized spacial score (nSPS) is 10.9. The van der Waals surface area contributed by atoms with Gasteiger partial charge < -0.3 is 14.5 Å². The molecular formula is C14H19N3O2. The fraction of sp³-hybridized carbons (Fsp3) is 0.429. The second-order valence-electron chi connectivity index (χ2n) is 4.56. The van der Waals surface area contributed by atoms with Gasteiger partial charge in [-0.25, -0.2) is 0 Å². The molecule has 0 bridgehead atoms. The summed E-state index contributed by atoms with van der Waals surface area (Å²) in [4.78, 5) is 8.46. The molecule has 2 heterocycles. The van der Waals surface area contributed by atoms with Gasteiger partial charge in [-0.3, -0.25) is 4.98 Å². The number of ether oxygens (including phenoxy) is 1. The molecule has 0 aliphatic carbocycles. The van der Waals surface area contributed by atoms with E-state index in [1.807, 2.05) is 18.2 Å². The lowest BCUT2D eigenvalue weighted by Crippen LogP contribution is -2.21. The van der Waals surface area contributed by atoms with Crippen molar-refractivity contribution in [3.05, 3.63) is 42.0 Å². The summed E-state index contributed by atoms with van der Waals surface area (Å²) in [6.45, 7) is 5.37. The van der Waals surface area contributed by atoms with Crippen molar-refractivity contribution < 1.29 is 9.15 Å². The highest BCUT2D eigenvalue weighted by Crippen LogP contribution is 2.10. The Morgan fingerprint density at radius 3 is 2.95 bits per heavy atom. The van der Waals surface area contributed by atoms with Crippen LogP contribution in [0, 0.1) is 0 Å². The van der Waals surface area contributed by atoms with E-state index in [1.54, 1.807) is 12.5 Å². The van der Waals surface area contributed by atoms with Crippen molar-refractivity contribution in [1.29, 1.82) is 0 Å². The summed E-state index contributed by atoms with van der Waals surface area (Å²) in [6, 6.07) is 6.25. The standard InChI is InChI=1S/C14H19N3O2/c1-11(2)16-9-13-10-19-14(17-13)18-8-6-12-5-3-4-7-15-12/h3-5,7,10-11,16H,6,8-9H2,1-2H3. The number of nitrogens with zero attached hydrogens (tertiary/aromatic N) is 2. The summed E-state index contributed by atoms with van der Waals surface area (Å²) in [5.41, 5.74) is 1.84. The van der Waals surface area contributed by atoms with Crippen LogP contribution in [0.25, 0.3) is 0 Å². The van der Waals surface area contributed by atoms with Crippen LogP contribution in [0.15, 0.2) is 35.1 Å². The largest absolute Gasteiger partial charge is 0.450 e. The van der Waals surface area contributed by atoms with Crippen molar-refractivity contribution in [2.24, 2.45) is 0 Å². The van der Waals surface area contributed by atoms with Crippen molar-refractivity contribution in [1.82, 2.24) is 15.3 Å². The lowest BCUT2D eigenvalue weighted by molar-refractivity contribution is 0.232. The van der Waals surface area contributed by atoms with Crippen LogP contribution in [0.1, 0.15) is 25.2 Å². The van der Waals surface area contributed by atoms with Crippen molar-refractivity contribution >= 4 is 0 Å². The van der Waals surface area contributed by atoms with Gasteiger partial charge in [0.1, 0.15) is 6.26 Å². The molecule has 2 aromatic rings. The first kappa shape index (κ1) is 13.5. The Bertz CT molecular complexity index is 482. The molecule has 5 heteroatoms. The minimum atomic E-state index is 0.316. The van der Waals surface area contributed by atoms with Crippen LogP contribution < -0.4 is 10.1 Å². The molecule has 2 rings (SSSR count). The van der Waals surface area contributed by atoms with Crippen LogP contribution in [0.2, 0.25) is 0 Å². The van der Waals surface area contributed by atoms with Crippen LogP contribution >= 0.6 is 0 Å². The molecule has 0 aliphatic rings. The molecule has 0 spiro atoms. The third-order valence-corrected chi connectivity index (χ3v) is 2.53. The Labute approximate surface area is 113 Å². The maximum absolute atomic E-state index is 5.45. The van der Waals surface area contributed by atoms with E-state index in [4.69, 9.17) is 9.15 Å². The van der Waals surface area contributed by atoms with E-state index in [9.17, 15) is 0 Å². The van der Waals surface area contributed by atoms with E-state index in [0.29, 0.717) is 25.3 Å². The van der Waals surface area contributed by atoms with E-state index in [0.717, 1.165) is 17.8 Å². The fourth-order valence-corrected chi connectivity index (χ4v) is 1.53. The topological polar surface area (TPSA) is 60.2 Å². The maximum Gasteiger partial charge on any atom is 0.393 e. The fourth-order valence-electron chi connectivity index (χ4n) is 1.53. The minimum absolute atomic E-state index is 0.316. The Hall–Kier alpha value is -1.88. The number of hydrogen-bond acceptors (Lipinski definition) is 5. The molecule has 1 N–H and O–H groups in total. The van der Waals surface area contributed by atoms with Crippen molar-refractivity contribution in [3.63, 3.8) is 0 Å². The summed E-state index contributed by atoms with van der Waals surface area (Å²) in [6.07, 6.45) is 4.45. The van der Waals surface area contributed by atoms with Crippen LogP contribution in [0.5, 0.6) is 6.08 Å². The smallest absolute Gasteiger partial charge is 0.393 e. The zero-order valence-corrected chi connectivity index (χ0v) is 11.3. The number of oxazole rings is 1. The molecule has 102 valence electrons. The Kier molecular flexibility index (Phi) is 4.92. The number of rotatable bonds is 7. The number of hydrogen-bond donors (Lipinski definition) is 1. The van der Waals surface area contributed by atoms with E-state index in [1.165, 1.54) is 0 Å². The van der Waals surface area contributed by atoms with E-state index in [2.05, 4.69) is 29.1 Å². The predicted molar refractivity (Wildman–Crippen MR) is 71.9 cm³/mol. The Morgan fingerprint density at radius 1 is 1.32 bits per heavy atom. The van der Waals surface area contributed by atoms with Crippen LogP contribution in [0.4, 0.5) is 0 Å². The van der Waals surface area contributed by atoms with Gasteiger partial charge in [-0.1, -0.05) is 19.9 Å². The summed E-state index contributed by atoms with van der Waals surface area (Å²) in [7, 11) is 0. The number of aromatic nitrogens is 2. The highest BCUT2D eigenvalue weighted by Gasteiger charge is 2.05. The second kappa shape index (κ2) is 6.89. The summed E-state index contributed by atoms with van der Waals surface area (Å²) in [5, 5.41) is 3.27. The summed E-state index contributed by atoms with van der Waals surface area (Å²) >= 11 is 0. The molecule has 0 fully saturated rings. The van der Waals surface area contributed by atoms with Crippen LogP contribution in [-0.2, 0) is 13.0 Å². The first-order valence-electron chi connectivity index (χ1n) is 6.44. The van der Waals surface area contributed by atoms with Gasteiger partial charge in [0, 0.05) is 30.9 Å². The maximum atomic E-state index is 5.45. The van der Waals surface area contributed by atoms with Crippen molar-refractivity contribution in [2.45, 2.75) is 32.9 Å². The minimum Gasteiger partial charge on any atom is -0.450 e. The monoisotopic (exact) mass is 261 g/mol. The molecule has 0 saturated heterocycles. The molecule has 0 amide bonds. The van der Waals surface area contributed by atoms with E-state index in [-0.39, 0.29) is 0 Å². The lowest BCUT2D eigenvalue weighted by atomic mass is 10.3. The second-order valence-corrected chi connectivity index (χ2v) is 4.56. The summed E-state index contributed by atoms with van der Waals surface area (Å²) in [5.74, 6) is 0. The molecule has 0 atom stereocenters. The zero-order chi connectivity index (χ0) is 13.5. The molecule has 5 nitrogen and oxygen atoms in total. The first-order valence-corrected chi connectivity index (χ1v) is 6.44. The van der Waals surface area contributed by atoms with Gasteiger partial charge in [-0.15, -0.1) is 0 Å². The summed E-state index contributed by atoms with van der Waals surface area (Å²) < 4.78 is 10.7. The third kappa shape index (κ3) is 4.71. The molecule has 0 radical (unpaired) electrons. The molecule has 0 unspecified atom stereocenters. The van der Waals surface area contributed by atoms with Gasteiger partial charge in [0.2, 0.25) is 0 Å².